The molecule has 4 heterocycles. The monoisotopic (exact) mass is 361 g/mol. The Morgan fingerprint density at radius 2 is 1.89 bits per heavy atom. The summed E-state index contributed by atoms with van der Waals surface area (Å²) in [5.41, 5.74) is 3.34. The Morgan fingerprint density at radius 1 is 1.07 bits per heavy atom. The quantitative estimate of drug-likeness (QED) is 0.704. The van der Waals surface area contributed by atoms with E-state index in [9.17, 15) is 4.79 Å². The summed E-state index contributed by atoms with van der Waals surface area (Å²) in [6.07, 6.45) is 6.36. The van der Waals surface area contributed by atoms with Gasteiger partial charge in [-0.3, -0.25) is 4.79 Å². The van der Waals surface area contributed by atoms with Gasteiger partial charge in [-0.05, 0) is 37.0 Å². The highest BCUT2D eigenvalue weighted by Gasteiger charge is 2.32. The molecule has 1 saturated heterocycles. The van der Waals surface area contributed by atoms with Gasteiger partial charge in [0.1, 0.15) is 17.8 Å². The lowest BCUT2D eigenvalue weighted by Crippen LogP contribution is -2.42. The van der Waals surface area contributed by atoms with Crippen LogP contribution in [0, 0.1) is 5.92 Å². The zero-order valence-electron chi connectivity index (χ0n) is 15.5. The number of anilines is 2. The number of benzene rings is 1. The highest BCUT2D eigenvalue weighted by molar-refractivity contribution is 5.97. The Hall–Kier alpha value is -2.89. The van der Waals surface area contributed by atoms with Gasteiger partial charge in [-0.1, -0.05) is 18.2 Å². The van der Waals surface area contributed by atoms with Crippen molar-refractivity contribution in [2.24, 2.45) is 13.0 Å². The standard InChI is InChI=1S/C21H23N5O/c1-24-10-9-17-19(24)22-14-23-20(17)25-11-6-16(7-12-25)21(27)26-13-8-15-4-2-3-5-18(15)26/h2-5,9-10,14,16H,6-8,11-13H2,1H3. The van der Waals surface area contributed by atoms with Crippen LogP contribution in [0.5, 0.6) is 0 Å². The van der Waals surface area contributed by atoms with E-state index in [-0.39, 0.29) is 11.8 Å². The van der Waals surface area contributed by atoms with Gasteiger partial charge in [0.15, 0.2) is 0 Å². The number of para-hydroxylation sites is 1. The second-order valence-corrected chi connectivity index (χ2v) is 7.49. The first-order valence-electron chi connectivity index (χ1n) is 9.62. The molecule has 1 aromatic carbocycles. The van der Waals surface area contributed by atoms with Crippen molar-refractivity contribution in [3.05, 3.63) is 48.4 Å². The summed E-state index contributed by atoms with van der Waals surface area (Å²) in [6.45, 7) is 2.52. The topological polar surface area (TPSA) is 54.3 Å². The van der Waals surface area contributed by atoms with Crippen LogP contribution in [0.1, 0.15) is 18.4 Å². The number of piperidine rings is 1. The van der Waals surface area contributed by atoms with Crippen molar-refractivity contribution in [2.75, 3.05) is 29.4 Å². The molecule has 2 aromatic heterocycles. The number of carbonyl (C=O) groups is 1. The molecular weight excluding hydrogens is 338 g/mol. The van der Waals surface area contributed by atoms with Crippen LogP contribution in [0.15, 0.2) is 42.9 Å². The van der Waals surface area contributed by atoms with Gasteiger partial charge < -0.3 is 14.4 Å². The molecule has 6 heteroatoms. The third-order valence-electron chi connectivity index (χ3n) is 5.94. The molecular formula is C21H23N5O. The van der Waals surface area contributed by atoms with E-state index in [0.29, 0.717) is 0 Å². The third-order valence-corrected chi connectivity index (χ3v) is 5.94. The first-order valence-corrected chi connectivity index (χ1v) is 9.62. The van der Waals surface area contributed by atoms with Crippen LogP contribution in [0.25, 0.3) is 11.0 Å². The third kappa shape index (κ3) is 2.67. The van der Waals surface area contributed by atoms with Gasteiger partial charge in [0, 0.05) is 44.5 Å². The van der Waals surface area contributed by atoms with Crippen LogP contribution in [0.2, 0.25) is 0 Å². The number of aromatic nitrogens is 3. The van der Waals surface area contributed by atoms with Crippen molar-refractivity contribution in [1.82, 2.24) is 14.5 Å². The predicted molar refractivity (Wildman–Crippen MR) is 106 cm³/mol. The summed E-state index contributed by atoms with van der Waals surface area (Å²) in [5, 5.41) is 1.08. The molecule has 0 saturated carbocycles. The largest absolute Gasteiger partial charge is 0.356 e. The van der Waals surface area contributed by atoms with E-state index < -0.39 is 0 Å². The van der Waals surface area contributed by atoms with Crippen molar-refractivity contribution in [2.45, 2.75) is 19.3 Å². The first-order chi connectivity index (χ1) is 13.2. The van der Waals surface area contributed by atoms with E-state index in [2.05, 4.69) is 39.1 Å². The number of aryl methyl sites for hydroxylation is 1. The molecule has 27 heavy (non-hydrogen) atoms. The van der Waals surface area contributed by atoms with Gasteiger partial charge in [-0.25, -0.2) is 9.97 Å². The van der Waals surface area contributed by atoms with E-state index in [1.165, 1.54) is 5.56 Å². The molecule has 0 atom stereocenters. The number of rotatable bonds is 2. The molecule has 5 rings (SSSR count). The number of hydrogen-bond acceptors (Lipinski definition) is 4. The number of nitrogens with zero attached hydrogens (tertiary/aromatic N) is 5. The molecule has 0 bridgehead atoms. The molecule has 0 N–H and O–H groups in total. The fourth-order valence-electron chi connectivity index (χ4n) is 4.44. The lowest BCUT2D eigenvalue weighted by atomic mass is 9.95. The number of carbonyl (C=O) groups excluding carboxylic acids is 1. The van der Waals surface area contributed by atoms with Crippen LogP contribution in [0.3, 0.4) is 0 Å². The second kappa shape index (κ2) is 6.37. The molecule has 6 nitrogen and oxygen atoms in total. The fraction of sp³-hybridized carbons (Fsp3) is 0.381. The predicted octanol–water partition coefficient (Wildman–Crippen LogP) is 2.77. The van der Waals surface area contributed by atoms with Crippen molar-refractivity contribution in [3.63, 3.8) is 0 Å². The molecule has 138 valence electrons. The summed E-state index contributed by atoms with van der Waals surface area (Å²) >= 11 is 0. The van der Waals surface area contributed by atoms with Gasteiger partial charge in [0.05, 0.1) is 5.39 Å². The zero-order chi connectivity index (χ0) is 18.4. The SMILES string of the molecule is Cn1ccc2c(N3CCC(C(=O)N4CCc5ccccc54)CC3)ncnc21. The number of amides is 1. The maximum Gasteiger partial charge on any atom is 0.230 e. The van der Waals surface area contributed by atoms with Gasteiger partial charge in [-0.2, -0.15) is 0 Å². The van der Waals surface area contributed by atoms with Crippen LogP contribution in [-0.2, 0) is 18.3 Å². The summed E-state index contributed by atoms with van der Waals surface area (Å²) in [7, 11) is 2.00. The maximum atomic E-state index is 13.1. The molecule has 2 aliphatic heterocycles. The molecule has 1 amide bonds. The van der Waals surface area contributed by atoms with Crippen LogP contribution in [0.4, 0.5) is 11.5 Å². The number of hydrogen-bond donors (Lipinski definition) is 0. The van der Waals surface area contributed by atoms with E-state index >= 15 is 0 Å². The summed E-state index contributed by atoms with van der Waals surface area (Å²) in [5.74, 6) is 1.37. The van der Waals surface area contributed by atoms with Crippen molar-refractivity contribution < 1.29 is 4.79 Å². The van der Waals surface area contributed by atoms with E-state index in [4.69, 9.17) is 0 Å². The Balaban J connectivity index is 1.31. The van der Waals surface area contributed by atoms with Crippen molar-refractivity contribution >= 4 is 28.4 Å². The minimum Gasteiger partial charge on any atom is -0.356 e. The molecule has 0 aliphatic carbocycles. The summed E-state index contributed by atoms with van der Waals surface area (Å²) in [6, 6.07) is 10.3. The lowest BCUT2D eigenvalue weighted by molar-refractivity contribution is -0.122. The normalized spacial score (nSPS) is 17.5. The molecule has 2 aliphatic rings. The second-order valence-electron chi connectivity index (χ2n) is 7.49. The minimum absolute atomic E-state index is 0.0977. The Morgan fingerprint density at radius 3 is 2.74 bits per heavy atom. The average molecular weight is 361 g/mol. The van der Waals surface area contributed by atoms with Crippen LogP contribution >= 0.6 is 0 Å². The van der Waals surface area contributed by atoms with E-state index in [0.717, 1.165) is 61.4 Å². The molecule has 3 aromatic rings. The van der Waals surface area contributed by atoms with E-state index in [1.807, 2.05) is 28.8 Å². The van der Waals surface area contributed by atoms with Crippen molar-refractivity contribution in [3.8, 4) is 0 Å². The van der Waals surface area contributed by atoms with E-state index in [1.54, 1.807) is 6.33 Å². The van der Waals surface area contributed by atoms with Crippen molar-refractivity contribution in [1.29, 1.82) is 0 Å². The molecule has 1 fully saturated rings. The summed E-state index contributed by atoms with van der Waals surface area (Å²) < 4.78 is 2.02. The Labute approximate surface area is 158 Å². The Bertz CT molecular complexity index is 1000. The van der Waals surface area contributed by atoms with Gasteiger partial charge >= 0.3 is 0 Å². The Kier molecular flexibility index (Phi) is 3.85. The maximum absolute atomic E-state index is 13.1. The smallest absolute Gasteiger partial charge is 0.230 e. The first kappa shape index (κ1) is 16.3. The van der Waals surface area contributed by atoms with Gasteiger partial charge in [0.2, 0.25) is 5.91 Å². The zero-order valence-corrected chi connectivity index (χ0v) is 15.5. The highest BCUT2D eigenvalue weighted by Crippen LogP contribution is 2.32. The molecule has 0 unspecified atom stereocenters. The molecule has 0 radical (unpaired) electrons. The van der Waals surface area contributed by atoms with Crippen LogP contribution in [-0.4, -0.2) is 40.1 Å². The average Bonchev–Trinajstić information content (AvgIpc) is 3.32. The van der Waals surface area contributed by atoms with Gasteiger partial charge in [0.25, 0.3) is 0 Å². The minimum atomic E-state index is 0.0977. The lowest BCUT2D eigenvalue weighted by Gasteiger charge is -2.34. The summed E-state index contributed by atoms with van der Waals surface area (Å²) in [4.78, 5) is 26.3. The highest BCUT2D eigenvalue weighted by atomic mass is 16.2. The van der Waals surface area contributed by atoms with Crippen LogP contribution < -0.4 is 9.80 Å². The fourth-order valence-corrected chi connectivity index (χ4v) is 4.44. The molecule has 0 spiro atoms. The number of fused-ring (bicyclic) bond motifs is 2. The van der Waals surface area contributed by atoms with Gasteiger partial charge in [-0.15, -0.1) is 0 Å².